The van der Waals surface area contributed by atoms with E-state index in [0.717, 1.165) is 45.4 Å². The van der Waals surface area contributed by atoms with Crippen LogP contribution in [0, 0.1) is 0 Å². The van der Waals surface area contributed by atoms with Gasteiger partial charge in [-0.25, -0.2) is 0 Å². The molecule has 3 nitrogen and oxygen atoms in total. The lowest BCUT2D eigenvalue weighted by Gasteiger charge is -2.33. The molecule has 0 bridgehead atoms. The van der Waals surface area contributed by atoms with Crippen LogP contribution < -0.4 is 9.64 Å². The van der Waals surface area contributed by atoms with Crippen molar-refractivity contribution < 1.29 is 4.74 Å². The minimum absolute atomic E-state index is 0.836. The number of hydrogen-bond donors (Lipinski definition) is 0. The van der Waals surface area contributed by atoms with E-state index in [4.69, 9.17) is 4.74 Å². The Hall–Kier alpha value is -7.36. The van der Waals surface area contributed by atoms with Gasteiger partial charge in [0.1, 0.15) is 0 Å². The van der Waals surface area contributed by atoms with E-state index < -0.39 is 0 Å². The maximum Gasteiger partial charge on any atom is 0.152 e. The van der Waals surface area contributed by atoms with Gasteiger partial charge in [-0.05, 0) is 121 Å². The molecule has 3 heteroatoms. The molecule has 2 heterocycles. The fraction of sp³-hybridized carbons (Fsp3) is 0. The van der Waals surface area contributed by atoms with Gasteiger partial charge in [-0.15, -0.1) is 0 Å². The zero-order chi connectivity index (χ0) is 36.0. The van der Waals surface area contributed by atoms with E-state index in [0.29, 0.717) is 0 Å². The number of anilines is 3. The molecule has 0 saturated heterocycles. The van der Waals surface area contributed by atoms with Crippen molar-refractivity contribution in [3.63, 3.8) is 0 Å². The fourth-order valence-corrected chi connectivity index (χ4v) is 9.00. The summed E-state index contributed by atoms with van der Waals surface area (Å²) in [5.74, 6) is 1.68. The summed E-state index contributed by atoms with van der Waals surface area (Å²) in [6, 6.07) is 70.3. The first kappa shape index (κ1) is 30.1. The highest BCUT2D eigenvalue weighted by molar-refractivity contribution is 6.25. The van der Waals surface area contributed by atoms with Gasteiger partial charge in [0.05, 0.1) is 22.4 Å². The van der Waals surface area contributed by atoms with Gasteiger partial charge in [0, 0.05) is 22.1 Å². The topological polar surface area (TPSA) is 17.4 Å². The van der Waals surface area contributed by atoms with Crippen molar-refractivity contribution in [1.29, 1.82) is 0 Å². The van der Waals surface area contributed by atoms with E-state index in [9.17, 15) is 0 Å². The van der Waals surface area contributed by atoms with Gasteiger partial charge in [-0.3, -0.25) is 0 Å². The average molecular weight is 701 g/mol. The molecule has 55 heavy (non-hydrogen) atoms. The molecule has 256 valence electrons. The number of benzene rings is 10. The van der Waals surface area contributed by atoms with Crippen LogP contribution in [0.2, 0.25) is 0 Å². The zero-order valence-corrected chi connectivity index (χ0v) is 29.8. The summed E-state index contributed by atoms with van der Waals surface area (Å²) in [6.45, 7) is 0. The van der Waals surface area contributed by atoms with Gasteiger partial charge < -0.3 is 14.2 Å². The smallest absolute Gasteiger partial charge is 0.152 e. The quantitative estimate of drug-likeness (QED) is 0.171. The first-order valence-corrected chi connectivity index (χ1v) is 18.8. The third-order valence-electron chi connectivity index (χ3n) is 11.5. The number of aromatic nitrogens is 1. The predicted octanol–water partition coefficient (Wildman–Crippen LogP) is 14.6. The van der Waals surface area contributed by atoms with Crippen LogP contribution in [0.4, 0.5) is 17.1 Å². The van der Waals surface area contributed by atoms with Crippen molar-refractivity contribution in [2.45, 2.75) is 0 Å². The summed E-state index contributed by atoms with van der Waals surface area (Å²) in [6.07, 6.45) is 0. The molecule has 0 radical (unpaired) electrons. The molecule has 0 N–H and O–H groups in total. The number of nitrogens with zero attached hydrogens (tertiary/aromatic N) is 2. The van der Waals surface area contributed by atoms with Gasteiger partial charge in [0.25, 0.3) is 0 Å². The third-order valence-corrected chi connectivity index (χ3v) is 11.5. The summed E-state index contributed by atoms with van der Waals surface area (Å²) in [5, 5.41) is 12.6. The van der Waals surface area contributed by atoms with E-state index in [1.165, 1.54) is 64.9 Å². The van der Waals surface area contributed by atoms with Crippen molar-refractivity contribution >= 4 is 82.0 Å². The second-order valence-electron chi connectivity index (χ2n) is 14.5. The van der Waals surface area contributed by atoms with Crippen LogP contribution in [0.1, 0.15) is 0 Å². The highest BCUT2D eigenvalue weighted by Crippen LogP contribution is 2.52. The number of hydrogen-bond acceptors (Lipinski definition) is 2. The third kappa shape index (κ3) is 4.50. The monoisotopic (exact) mass is 700 g/mol. The van der Waals surface area contributed by atoms with Crippen molar-refractivity contribution in [2.24, 2.45) is 0 Å². The van der Waals surface area contributed by atoms with E-state index >= 15 is 0 Å². The molecule has 0 atom stereocenters. The molecule has 1 aliphatic rings. The highest BCUT2D eigenvalue weighted by Gasteiger charge is 2.26. The second-order valence-corrected chi connectivity index (χ2v) is 14.5. The Morgan fingerprint density at radius 3 is 1.71 bits per heavy atom. The zero-order valence-electron chi connectivity index (χ0n) is 29.8. The molecule has 0 unspecified atom stereocenters. The van der Waals surface area contributed by atoms with Crippen LogP contribution >= 0.6 is 0 Å². The SMILES string of the molecule is c1ccc2c(c1)Oc1cc(-c3ccc4c(c3)c3ccccc3n4-c3ccc4c5ccccc5c5ccccc5c4c3)ccc1N2c1ccc2ccccc2c1. The van der Waals surface area contributed by atoms with Crippen molar-refractivity contribution in [3.05, 3.63) is 194 Å². The summed E-state index contributed by atoms with van der Waals surface area (Å²) in [5.41, 5.74) is 8.94. The Labute approximate surface area is 317 Å². The van der Waals surface area contributed by atoms with Crippen LogP contribution in [0.5, 0.6) is 11.5 Å². The maximum atomic E-state index is 6.65. The van der Waals surface area contributed by atoms with E-state index in [2.05, 4.69) is 198 Å². The van der Waals surface area contributed by atoms with Gasteiger partial charge in [0.15, 0.2) is 11.5 Å². The minimum atomic E-state index is 0.836. The summed E-state index contributed by atoms with van der Waals surface area (Å²) in [4.78, 5) is 2.32. The first-order chi connectivity index (χ1) is 27.3. The van der Waals surface area contributed by atoms with E-state index in [-0.39, 0.29) is 0 Å². The average Bonchev–Trinajstić information content (AvgIpc) is 3.59. The fourth-order valence-electron chi connectivity index (χ4n) is 9.00. The van der Waals surface area contributed by atoms with Gasteiger partial charge in [0.2, 0.25) is 0 Å². The second kappa shape index (κ2) is 11.6. The molecule has 0 amide bonds. The summed E-state index contributed by atoms with van der Waals surface area (Å²) in [7, 11) is 0. The lowest BCUT2D eigenvalue weighted by molar-refractivity contribution is 0.477. The highest BCUT2D eigenvalue weighted by atomic mass is 16.5. The number of para-hydroxylation sites is 3. The lowest BCUT2D eigenvalue weighted by Crippen LogP contribution is -2.15. The molecule has 11 aromatic rings. The Morgan fingerprint density at radius 2 is 0.891 bits per heavy atom. The Balaban J connectivity index is 1.01. The molecule has 0 spiro atoms. The van der Waals surface area contributed by atoms with Crippen LogP contribution in [0.25, 0.3) is 81.7 Å². The minimum Gasteiger partial charge on any atom is -0.453 e. The standard InChI is InChI=1S/C52H32N2O/c1-2-12-34-29-37(24-21-33(34)11-1)54-49-19-9-10-20-51(49)55-52-31-36(23-28-50(52)54)35-22-27-48-46(30-35)44-17-7-8-18-47(44)53(48)38-25-26-43-41-15-4-3-13-39(41)40-14-5-6-16-42(40)45(43)32-38/h1-32H. The Bertz CT molecular complexity index is 3340. The molecule has 1 aliphatic heterocycles. The van der Waals surface area contributed by atoms with Crippen LogP contribution in [-0.2, 0) is 0 Å². The summed E-state index contributed by atoms with van der Waals surface area (Å²) >= 11 is 0. The van der Waals surface area contributed by atoms with Crippen molar-refractivity contribution in [3.8, 4) is 28.3 Å². The van der Waals surface area contributed by atoms with Crippen LogP contribution in [0.15, 0.2) is 194 Å². The molecule has 12 rings (SSSR count). The molecule has 1 aromatic heterocycles. The van der Waals surface area contributed by atoms with E-state index in [1.807, 2.05) is 6.07 Å². The Kier molecular flexibility index (Phi) is 6.34. The van der Waals surface area contributed by atoms with Crippen LogP contribution in [-0.4, -0.2) is 4.57 Å². The Morgan fingerprint density at radius 1 is 0.309 bits per heavy atom. The number of fused-ring (bicyclic) bond motifs is 12. The van der Waals surface area contributed by atoms with Crippen LogP contribution in [0.3, 0.4) is 0 Å². The number of ether oxygens (including phenoxy) is 1. The van der Waals surface area contributed by atoms with Crippen molar-refractivity contribution in [2.75, 3.05) is 4.90 Å². The lowest BCUT2D eigenvalue weighted by atomic mass is 9.94. The van der Waals surface area contributed by atoms with Gasteiger partial charge >= 0.3 is 0 Å². The molecule has 0 saturated carbocycles. The molecule has 0 aliphatic carbocycles. The number of rotatable bonds is 3. The normalized spacial score (nSPS) is 12.5. The molecular formula is C52H32N2O. The van der Waals surface area contributed by atoms with Gasteiger partial charge in [-0.1, -0.05) is 127 Å². The molecule has 0 fully saturated rings. The molecule has 10 aromatic carbocycles. The summed E-state index contributed by atoms with van der Waals surface area (Å²) < 4.78 is 9.07. The molecular weight excluding hydrogens is 669 g/mol. The first-order valence-electron chi connectivity index (χ1n) is 18.8. The maximum absolute atomic E-state index is 6.65. The van der Waals surface area contributed by atoms with Gasteiger partial charge in [-0.2, -0.15) is 0 Å². The van der Waals surface area contributed by atoms with Crippen molar-refractivity contribution in [1.82, 2.24) is 4.57 Å². The predicted molar refractivity (Wildman–Crippen MR) is 231 cm³/mol. The van der Waals surface area contributed by atoms with E-state index in [1.54, 1.807) is 0 Å². The largest absolute Gasteiger partial charge is 0.453 e.